The van der Waals surface area contributed by atoms with Crippen molar-refractivity contribution in [2.24, 2.45) is 0 Å². The second-order valence-electron chi connectivity index (χ2n) is 3.68. The summed E-state index contributed by atoms with van der Waals surface area (Å²) in [5.41, 5.74) is 0. The highest BCUT2D eigenvalue weighted by Gasteiger charge is 2.46. The SMILES string of the molecule is O=C1CN(c2ccccn2)C(C(F)(F)F)CN1. The van der Waals surface area contributed by atoms with E-state index in [0.29, 0.717) is 0 Å². The minimum Gasteiger partial charge on any atom is -0.352 e. The van der Waals surface area contributed by atoms with Gasteiger partial charge in [-0.05, 0) is 12.1 Å². The summed E-state index contributed by atoms with van der Waals surface area (Å²) in [6.45, 7) is -0.778. The smallest absolute Gasteiger partial charge is 0.352 e. The summed E-state index contributed by atoms with van der Waals surface area (Å²) in [5.74, 6) is -0.277. The van der Waals surface area contributed by atoms with Crippen molar-refractivity contribution in [3.8, 4) is 0 Å². The zero-order chi connectivity index (χ0) is 12.5. The van der Waals surface area contributed by atoms with Gasteiger partial charge in [0.2, 0.25) is 5.91 Å². The van der Waals surface area contributed by atoms with Crippen LogP contribution in [0.5, 0.6) is 0 Å². The van der Waals surface area contributed by atoms with Gasteiger partial charge in [0, 0.05) is 12.7 Å². The van der Waals surface area contributed by atoms with Crippen LogP contribution in [-0.4, -0.2) is 36.2 Å². The number of carbonyl (C=O) groups excluding carboxylic acids is 1. The third-order valence-corrected chi connectivity index (χ3v) is 2.50. The van der Waals surface area contributed by atoms with Crippen molar-refractivity contribution in [1.29, 1.82) is 0 Å². The van der Waals surface area contributed by atoms with Gasteiger partial charge >= 0.3 is 6.18 Å². The number of aromatic nitrogens is 1. The van der Waals surface area contributed by atoms with Crippen molar-refractivity contribution in [3.63, 3.8) is 0 Å². The maximum Gasteiger partial charge on any atom is 0.410 e. The monoisotopic (exact) mass is 245 g/mol. The topological polar surface area (TPSA) is 45.2 Å². The van der Waals surface area contributed by atoms with Crippen LogP contribution in [0.15, 0.2) is 24.4 Å². The minimum atomic E-state index is -4.40. The fraction of sp³-hybridized carbons (Fsp3) is 0.400. The Hall–Kier alpha value is -1.79. The van der Waals surface area contributed by atoms with Crippen LogP contribution in [0.4, 0.5) is 19.0 Å². The van der Waals surface area contributed by atoms with E-state index in [4.69, 9.17) is 0 Å². The van der Waals surface area contributed by atoms with Crippen LogP contribution in [0.3, 0.4) is 0 Å². The zero-order valence-corrected chi connectivity index (χ0v) is 8.74. The lowest BCUT2D eigenvalue weighted by atomic mass is 10.1. The van der Waals surface area contributed by atoms with Crippen LogP contribution in [0, 0.1) is 0 Å². The van der Waals surface area contributed by atoms with Crippen molar-refractivity contribution in [2.45, 2.75) is 12.2 Å². The van der Waals surface area contributed by atoms with Gasteiger partial charge in [0.1, 0.15) is 11.9 Å². The molecule has 0 radical (unpaired) electrons. The number of hydrogen-bond donors (Lipinski definition) is 1. The van der Waals surface area contributed by atoms with Gasteiger partial charge in [-0.2, -0.15) is 13.2 Å². The number of carbonyl (C=O) groups is 1. The molecule has 2 rings (SSSR count). The van der Waals surface area contributed by atoms with E-state index in [2.05, 4.69) is 10.3 Å². The summed E-state index contributed by atoms with van der Waals surface area (Å²) in [6, 6.07) is 2.92. The van der Waals surface area contributed by atoms with E-state index in [1.54, 1.807) is 12.1 Å². The van der Waals surface area contributed by atoms with Crippen LogP contribution >= 0.6 is 0 Å². The molecule has 1 aromatic rings. The molecule has 0 aromatic carbocycles. The number of anilines is 1. The predicted octanol–water partition coefficient (Wildman–Crippen LogP) is 0.949. The molecule has 17 heavy (non-hydrogen) atoms. The molecule has 0 aliphatic carbocycles. The largest absolute Gasteiger partial charge is 0.410 e. The summed E-state index contributed by atoms with van der Waals surface area (Å²) >= 11 is 0. The minimum absolute atomic E-state index is 0.157. The molecule has 1 aromatic heterocycles. The van der Waals surface area contributed by atoms with E-state index in [1.807, 2.05) is 0 Å². The van der Waals surface area contributed by atoms with E-state index in [9.17, 15) is 18.0 Å². The Kier molecular flexibility index (Phi) is 2.91. The lowest BCUT2D eigenvalue weighted by molar-refractivity contribution is -0.153. The van der Waals surface area contributed by atoms with Crippen molar-refractivity contribution in [1.82, 2.24) is 10.3 Å². The summed E-state index contributed by atoms with van der Waals surface area (Å²) in [4.78, 5) is 16.0. The molecule has 2 heterocycles. The van der Waals surface area contributed by atoms with Crippen molar-refractivity contribution >= 4 is 11.7 Å². The van der Waals surface area contributed by atoms with Crippen LogP contribution in [0.2, 0.25) is 0 Å². The molecule has 1 N–H and O–H groups in total. The normalized spacial score (nSPS) is 21.2. The van der Waals surface area contributed by atoms with Gasteiger partial charge in [0.25, 0.3) is 0 Å². The number of halogens is 3. The van der Waals surface area contributed by atoms with Crippen molar-refractivity contribution < 1.29 is 18.0 Å². The lowest BCUT2D eigenvalue weighted by Gasteiger charge is -2.37. The van der Waals surface area contributed by atoms with Crippen molar-refractivity contribution in [3.05, 3.63) is 24.4 Å². The molecule has 1 aliphatic heterocycles. The summed E-state index contributed by atoms with van der Waals surface area (Å²) < 4.78 is 38.4. The second kappa shape index (κ2) is 4.23. The predicted molar refractivity (Wildman–Crippen MR) is 54.4 cm³/mol. The van der Waals surface area contributed by atoms with E-state index in [0.717, 1.165) is 4.90 Å². The standard InChI is InChI=1S/C10H10F3N3O/c11-10(12,13)7-5-15-9(17)6-16(7)8-3-1-2-4-14-8/h1-4,7H,5-6H2,(H,15,17). The highest BCUT2D eigenvalue weighted by atomic mass is 19.4. The van der Waals surface area contributed by atoms with Gasteiger partial charge < -0.3 is 10.2 Å². The molecule has 1 unspecified atom stereocenters. The van der Waals surface area contributed by atoms with E-state index < -0.39 is 24.7 Å². The van der Waals surface area contributed by atoms with E-state index in [1.165, 1.54) is 12.3 Å². The average molecular weight is 245 g/mol. The van der Waals surface area contributed by atoms with Crippen LogP contribution in [-0.2, 0) is 4.79 Å². The molecular weight excluding hydrogens is 235 g/mol. The van der Waals surface area contributed by atoms with Crippen LogP contribution in [0.25, 0.3) is 0 Å². The number of hydrogen-bond acceptors (Lipinski definition) is 3. The Morgan fingerprint density at radius 3 is 2.76 bits per heavy atom. The Morgan fingerprint density at radius 2 is 2.18 bits per heavy atom. The number of nitrogens with one attached hydrogen (secondary N) is 1. The molecular formula is C10H10F3N3O. The molecule has 7 heteroatoms. The third kappa shape index (κ3) is 2.48. The Balaban J connectivity index is 2.30. The number of pyridine rings is 1. The second-order valence-corrected chi connectivity index (χ2v) is 3.68. The number of rotatable bonds is 1. The van der Waals surface area contributed by atoms with Crippen molar-refractivity contribution in [2.75, 3.05) is 18.0 Å². The maximum absolute atomic E-state index is 12.8. The summed E-state index contributed by atoms with van der Waals surface area (Å²) in [7, 11) is 0. The highest BCUT2D eigenvalue weighted by molar-refractivity contribution is 5.82. The van der Waals surface area contributed by atoms with E-state index in [-0.39, 0.29) is 12.4 Å². The fourth-order valence-corrected chi connectivity index (χ4v) is 1.70. The molecule has 0 spiro atoms. The average Bonchev–Trinajstić information content (AvgIpc) is 2.28. The number of piperazine rings is 1. The summed E-state index contributed by atoms with van der Waals surface area (Å²) in [5, 5.41) is 2.21. The Bertz CT molecular complexity index is 407. The highest BCUT2D eigenvalue weighted by Crippen LogP contribution is 2.28. The van der Waals surface area contributed by atoms with Gasteiger partial charge in [-0.25, -0.2) is 4.98 Å². The van der Waals surface area contributed by atoms with Gasteiger partial charge in [0.15, 0.2) is 0 Å². The molecule has 0 bridgehead atoms. The van der Waals surface area contributed by atoms with E-state index >= 15 is 0 Å². The maximum atomic E-state index is 12.8. The lowest BCUT2D eigenvalue weighted by Crippen LogP contribution is -2.60. The quantitative estimate of drug-likeness (QED) is 0.801. The molecule has 1 saturated heterocycles. The summed E-state index contributed by atoms with van der Waals surface area (Å²) in [6.07, 6.45) is -3.00. The van der Waals surface area contributed by atoms with Crippen LogP contribution < -0.4 is 10.2 Å². The molecule has 4 nitrogen and oxygen atoms in total. The molecule has 1 aliphatic rings. The first kappa shape index (κ1) is 11.7. The third-order valence-electron chi connectivity index (χ3n) is 2.50. The number of amides is 1. The molecule has 92 valence electrons. The van der Waals surface area contributed by atoms with Gasteiger partial charge in [-0.1, -0.05) is 6.07 Å². The molecule has 0 saturated carbocycles. The molecule has 1 fully saturated rings. The van der Waals surface area contributed by atoms with Gasteiger partial charge in [-0.3, -0.25) is 4.79 Å². The Labute approximate surface area is 95.4 Å². The van der Waals surface area contributed by atoms with Gasteiger partial charge in [0.05, 0.1) is 6.54 Å². The zero-order valence-electron chi connectivity index (χ0n) is 8.74. The number of alkyl halides is 3. The molecule has 1 atom stereocenters. The molecule has 1 amide bonds. The first-order valence-electron chi connectivity index (χ1n) is 4.99. The Morgan fingerprint density at radius 1 is 1.41 bits per heavy atom. The van der Waals surface area contributed by atoms with Gasteiger partial charge in [-0.15, -0.1) is 0 Å². The van der Waals surface area contributed by atoms with Crippen LogP contribution in [0.1, 0.15) is 0 Å². The fourth-order valence-electron chi connectivity index (χ4n) is 1.70. The number of nitrogens with zero attached hydrogens (tertiary/aromatic N) is 2. The first-order chi connectivity index (χ1) is 7.98. The first-order valence-corrected chi connectivity index (χ1v) is 4.99.